The molecule has 1 N–H and O–H groups in total. The third kappa shape index (κ3) is 4.11. The molecule has 30 heavy (non-hydrogen) atoms. The van der Waals surface area contributed by atoms with Gasteiger partial charge in [-0.1, -0.05) is 37.3 Å². The van der Waals surface area contributed by atoms with Crippen LogP contribution in [-0.4, -0.2) is 41.3 Å². The van der Waals surface area contributed by atoms with E-state index in [9.17, 15) is 9.59 Å². The number of likely N-dealkylation sites (tertiary alicyclic amines) is 1. The maximum Gasteiger partial charge on any atom is 0.228 e. The Kier molecular flexibility index (Phi) is 5.89. The molecular formula is C25H31N3O2. The number of amides is 2. The fraction of sp³-hybridized carbons (Fsp3) is 0.480. The van der Waals surface area contributed by atoms with Crippen LogP contribution in [0.15, 0.2) is 48.8 Å². The molecule has 1 aliphatic carbocycles. The Balaban J connectivity index is 1.65. The maximum absolute atomic E-state index is 13.3. The van der Waals surface area contributed by atoms with Gasteiger partial charge in [0.2, 0.25) is 11.8 Å². The summed E-state index contributed by atoms with van der Waals surface area (Å²) in [7, 11) is 0. The van der Waals surface area contributed by atoms with E-state index < -0.39 is 5.41 Å². The van der Waals surface area contributed by atoms with Crippen molar-refractivity contribution in [2.45, 2.75) is 39.5 Å². The third-order valence-corrected chi connectivity index (χ3v) is 6.65. The van der Waals surface area contributed by atoms with Crippen molar-refractivity contribution in [3.63, 3.8) is 0 Å². The van der Waals surface area contributed by atoms with E-state index >= 15 is 0 Å². The van der Waals surface area contributed by atoms with Gasteiger partial charge in [0, 0.05) is 43.5 Å². The molecule has 5 nitrogen and oxygen atoms in total. The second-order valence-corrected chi connectivity index (χ2v) is 8.90. The number of carbonyl (C=O) groups excluding carboxylic acids is 2. The first-order valence-corrected chi connectivity index (χ1v) is 11.1. The molecule has 2 aliphatic rings. The van der Waals surface area contributed by atoms with E-state index in [1.165, 1.54) is 0 Å². The molecule has 158 valence electrons. The molecule has 2 fully saturated rings. The van der Waals surface area contributed by atoms with Gasteiger partial charge >= 0.3 is 0 Å². The number of piperidine rings is 1. The van der Waals surface area contributed by atoms with Gasteiger partial charge < -0.3 is 10.2 Å². The van der Waals surface area contributed by atoms with Crippen molar-refractivity contribution in [1.29, 1.82) is 0 Å². The SMILES string of the molecule is CCNC(=O)[C@]1(Cc2ccccc2-c2cccnc2)CCCN(C(=O)[C@@H]2C[C@H]2C)C1. The first-order valence-electron chi connectivity index (χ1n) is 11.1. The number of rotatable bonds is 6. The Bertz CT molecular complexity index is 914. The zero-order valence-electron chi connectivity index (χ0n) is 17.9. The molecule has 1 aromatic carbocycles. The molecule has 1 aromatic heterocycles. The molecule has 5 heteroatoms. The molecule has 3 atom stereocenters. The zero-order chi connectivity index (χ0) is 21.1. The number of pyridine rings is 1. The van der Waals surface area contributed by atoms with E-state index in [1.807, 2.05) is 36.2 Å². The van der Waals surface area contributed by atoms with Gasteiger partial charge in [0.15, 0.2) is 0 Å². The van der Waals surface area contributed by atoms with Gasteiger partial charge in [0.1, 0.15) is 0 Å². The Labute approximate surface area is 178 Å². The van der Waals surface area contributed by atoms with Crippen LogP contribution < -0.4 is 5.32 Å². The lowest BCUT2D eigenvalue weighted by Gasteiger charge is -2.42. The highest BCUT2D eigenvalue weighted by Crippen LogP contribution is 2.42. The minimum atomic E-state index is -0.597. The fourth-order valence-corrected chi connectivity index (χ4v) is 4.82. The lowest BCUT2D eigenvalue weighted by atomic mass is 9.73. The Morgan fingerprint density at radius 3 is 2.73 bits per heavy atom. The van der Waals surface area contributed by atoms with Crippen LogP contribution in [-0.2, 0) is 16.0 Å². The molecule has 4 rings (SSSR count). The summed E-state index contributed by atoms with van der Waals surface area (Å²) in [6.45, 7) is 5.94. The van der Waals surface area contributed by atoms with Crippen LogP contribution in [0.1, 0.15) is 38.7 Å². The summed E-state index contributed by atoms with van der Waals surface area (Å²) >= 11 is 0. The second-order valence-electron chi connectivity index (χ2n) is 8.90. The predicted molar refractivity (Wildman–Crippen MR) is 118 cm³/mol. The topological polar surface area (TPSA) is 62.3 Å². The van der Waals surface area contributed by atoms with Crippen molar-refractivity contribution in [2.75, 3.05) is 19.6 Å². The minimum Gasteiger partial charge on any atom is -0.356 e. The van der Waals surface area contributed by atoms with E-state index in [1.54, 1.807) is 6.20 Å². The molecule has 1 aliphatic heterocycles. The molecule has 0 bridgehead atoms. The number of aromatic nitrogens is 1. The molecule has 2 aromatic rings. The molecule has 1 saturated carbocycles. The average Bonchev–Trinajstić information content (AvgIpc) is 3.51. The maximum atomic E-state index is 13.3. The summed E-state index contributed by atoms with van der Waals surface area (Å²) in [5.74, 6) is 0.922. The number of nitrogens with one attached hydrogen (secondary N) is 1. The summed E-state index contributed by atoms with van der Waals surface area (Å²) in [6.07, 6.45) is 6.89. The zero-order valence-corrected chi connectivity index (χ0v) is 17.9. The number of hydrogen-bond donors (Lipinski definition) is 1. The van der Waals surface area contributed by atoms with Gasteiger partial charge in [-0.15, -0.1) is 0 Å². The fourth-order valence-electron chi connectivity index (χ4n) is 4.82. The van der Waals surface area contributed by atoms with Gasteiger partial charge in [-0.05, 0) is 55.7 Å². The highest BCUT2D eigenvalue weighted by molar-refractivity contribution is 5.86. The average molecular weight is 406 g/mol. The molecular weight excluding hydrogens is 374 g/mol. The smallest absolute Gasteiger partial charge is 0.228 e. The van der Waals surface area contributed by atoms with Crippen molar-refractivity contribution >= 4 is 11.8 Å². The molecule has 2 amide bonds. The molecule has 0 unspecified atom stereocenters. The standard InChI is InChI=1S/C25H31N3O2/c1-3-27-24(30)25(11-7-13-28(17-25)23(29)22-14-18(22)2)15-19-8-4-5-10-21(19)20-9-6-12-26-16-20/h4-6,8-10,12,16,18,22H,3,7,11,13-15,17H2,1-2H3,(H,27,30)/t18-,22-,25+/m1/s1. The van der Waals surface area contributed by atoms with Crippen LogP contribution in [0.2, 0.25) is 0 Å². The quantitative estimate of drug-likeness (QED) is 0.797. The number of benzene rings is 1. The van der Waals surface area contributed by atoms with E-state index in [4.69, 9.17) is 0 Å². The van der Waals surface area contributed by atoms with Crippen LogP contribution in [0.3, 0.4) is 0 Å². The lowest BCUT2D eigenvalue weighted by Crippen LogP contribution is -2.54. The summed E-state index contributed by atoms with van der Waals surface area (Å²) < 4.78 is 0. The minimum absolute atomic E-state index is 0.0623. The van der Waals surface area contributed by atoms with E-state index in [2.05, 4.69) is 35.4 Å². The number of carbonyl (C=O) groups is 2. The normalized spacial score (nSPS) is 25.6. The predicted octanol–water partition coefficient (Wildman–Crippen LogP) is 3.69. The van der Waals surface area contributed by atoms with Gasteiger partial charge in [0.25, 0.3) is 0 Å². The highest BCUT2D eigenvalue weighted by atomic mass is 16.2. The van der Waals surface area contributed by atoms with Crippen molar-refractivity contribution in [3.05, 3.63) is 54.4 Å². The molecule has 0 radical (unpaired) electrons. The van der Waals surface area contributed by atoms with Gasteiger partial charge in [-0.2, -0.15) is 0 Å². The molecule has 0 spiro atoms. The van der Waals surface area contributed by atoms with Crippen molar-refractivity contribution in [3.8, 4) is 11.1 Å². The molecule has 1 saturated heterocycles. The van der Waals surface area contributed by atoms with Crippen LogP contribution in [0, 0.1) is 17.3 Å². The molecule has 2 heterocycles. The lowest BCUT2D eigenvalue weighted by molar-refractivity contribution is -0.142. The monoisotopic (exact) mass is 405 g/mol. The summed E-state index contributed by atoms with van der Waals surface area (Å²) in [5.41, 5.74) is 2.69. The number of nitrogens with zero attached hydrogens (tertiary/aromatic N) is 2. The van der Waals surface area contributed by atoms with Crippen molar-refractivity contribution in [1.82, 2.24) is 15.2 Å². The Morgan fingerprint density at radius 2 is 2.03 bits per heavy atom. The van der Waals surface area contributed by atoms with Gasteiger partial charge in [-0.25, -0.2) is 0 Å². The van der Waals surface area contributed by atoms with Crippen LogP contribution in [0.4, 0.5) is 0 Å². The van der Waals surface area contributed by atoms with E-state index in [-0.39, 0.29) is 17.7 Å². The van der Waals surface area contributed by atoms with Gasteiger partial charge in [-0.3, -0.25) is 14.6 Å². The van der Waals surface area contributed by atoms with Crippen LogP contribution in [0.25, 0.3) is 11.1 Å². The van der Waals surface area contributed by atoms with Crippen molar-refractivity contribution in [2.24, 2.45) is 17.3 Å². The van der Waals surface area contributed by atoms with Crippen LogP contribution >= 0.6 is 0 Å². The van der Waals surface area contributed by atoms with Crippen molar-refractivity contribution < 1.29 is 9.59 Å². The summed E-state index contributed by atoms with van der Waals surface area (Å²) in [4.78, 5) is 32.5. The van der Waals surface area contributed by atoms with E-state index in [0.29, 0.717) is 25.4 Å². The largest absolute Gasteiger partial charge is 0.356 e. The number of hydrogen-bond acceptors (Lipinski definition) is 3. The summed E-state index contributed by atoms with van der Waals surface area (Å²) in [5, 5.41) is 3.06. The Hall–Kier alpha value is -2.69. The highest BCUT2D eigenvalue weighted by Gasteiger charge is 2.47. The van der Waals surface area contributed by atoms with E-state index in [0.717, 1.165) is 42.5 Å². The first-order chi connectivity index (χ1) is 14.5. The first kappa shape index (κ1) is 20.6. The Morgan fingerprint density at radius 1 is 1.23 bits per heavy atom. The second kappa shape index (κ2) is 8.58. The van der Waals surface area contributed by atoms with Crippen LogP contribution in [0.5, 0.6) is 0 Å². The summed E-state index contributed by atoms with van der Waals surface area (Å²) in [6, 6.07) is 12.2. The third-order valence-electron chi connectivity index (χ3n) is 6.65. The van der Waals surface area contributed by atoms with Gasteiger partial charge in [0.05, 0.1) is 5.41 Å².